The zero-order valence-electron chi connectivity index (χ0n) is 21.3. The summed E-state index contributed by atoms with van der Waals surface area (Å²) in [5, 5.41) is 0.918. The molecule has 1 aliphatic carbocycles. The Bertz CT molecular complexity index is 1250. The monoisotopic (exact) mass is 569 g/mol. The first-order chi connectivity index (χ1) is 17.6. The molecule has 5 rings (SSSR count). The summed E-state index contributed by atoms with van der Waals surface area (Å²) in [7, 11) is -1.77. The van der Waals surface area contributed by atoms with Crippen LogP contribution in [0.15, 0.2) is 29.6 Å². The number of anilines is 1. The van der Waals surface area contributed by atoms with Gasteiger partial charge in [-0.1, -0.05) is 23.2 Å². The molecule has 7 atom stereocenters. The molecular formula is C25H33Cl2N5O4S. The summed E-state index contributed by atoms with van der Waals surface area (Å²) in [6.07, 6.45) is 7.91. The van der Waals surface area contributed by atoms with Crippen molar-refractivity contribution in [3.8, 4) is 0 Å². The third kappa shape index (κ3) is 5.22. The van der Waals surface area contributed by atoms with E-state index in [2.05, 4.69) is 27.7 Å². The maximum Gasteiger partial charge on any atom is 0.179 e. The largest absolute Gasteiger partial charge is 0.379 e. The highest BCUT2D eigenvalue weighted by Gasteiger charge is 2.46. The number of fused-ring (bicyclic) bond motifs is 1. The van der Waals surface area contributed by atoms with E-state index in [1.807, 2.05) is 11.8 Å². The maximum absolute atomic E-state index is 12.7. The van der Waals surface area contributed by atoms with E-state index in [1.165, 1.54) is 6.26 Å². The van der Waals surface area contributed by atoms with Crippen LogP contribution >= 0.6 is 23.2 Å². The molecule has 9 nitrogen and oxygen atoms in total. The SMILES string of the molecule is COC1CC2NNC(c3cnc(N4CC[C@H]4C)c(S(C)(=O)=O)c3)C2CC1O[C@H](C)c1c(Cl)cncc1Cl. The van der Waals surface area contributed by atoms with Crippen LogP contribution in [-0.2, 0) is 19.3 Å². The van der Waals surface area contributed by atoms with Crippen molar-refractivity contribution < 1.29 is 17.9 Å². The summed E-state index contributed by atoms with van der Waals surface area (Å²) in [4.78, 5) is 11.0. The predicted molar refractivity (Wildman–Crippen MR) is 143 cm³/mol. The zero-order chi connectivity index (χ0) is 26.5. The molecule has 5 unspecified atom stereocenters. The number of hydrogen-bond donors (Lipinski definition) is 2. The molecule has 2 saturated heterocycles. The highest BCUT2D eigenvalue weighted by molar-refractivity contribution is 7.90. The quantitative estimate of drug-likeness (QED) is 0.513. The molecule has 1 saturated carbocycles. The van der Waals surface area contributed by atoms with Crippen LogP contribution in [0.2, 0.25) is 10.0 Å². The first-order valence-corrected chi connectivity index (χ1v) is 15.2. The fourth-order valence-corrected chi connectivity index (χ4v) is 7.33. The number of aromatic nitrogens is 2. The highest BCUT2D eigenvalue weighted by Crippen LogP contribution is 2.43. The van der Waals surface area contributed by atoms with Gasteiger partial charge in [-0.15, -0.1) is 0 Å². The number of pyridine rings is 2. The zero-order valence-corrected chi connectivity index (χ0v) is 23.6. The Morgan fingerprint density at radius 3 is 2.46 bits per heavy atom. The number of halogens is 2. The van der Waals surface area contributed by atoms with Gasteiger partial charge in [-0.2, -0.15) is 0 Å². The Balaban J connectivity index is 1.40. The van der Waals surface area contributed by atoms with Gasteiger partial charge in [-0.25, -0.2) is 18.8 Å². The fourth-order valence-electron chi connectivity index (χ4n) is 5.80. The van der Waals surface area contributed by atoms with Crippen LogP contribution < -0.4 is 15.8 Å². The van der Waals surface area contributed by atoms with Crippen LogP contribution in [0.3, 0.4) is 0 Å². The molecule has 3 fully saturated rings. The van der Waals surface area contributed by atoms with Crippen molar-refractivity contribution >= 4 is 38.9 Å². The van der Waals surface area contributed by atoms with E-state index in [9.17, 15) is 8.42 Å². The van der Waals surface area contributed by atoms with Gasteiger partial charge < -0.3 is 14.4 Å². The molecule has 0 bridgehead atoms. The van der Waals surface area contributed by atoms with E-state index in [0.29, 0.717) is 27.8 Å². The van der Waals surface area contributed by atoms with Crippen molar-refractivity contribution in [2.75, 3.05) is 24.8 Å². The molecule has 3 aliphatic rings. The Morgan fingerprint density at radius 2 is 1.86 bits per heavy atom. The van der Waals surface area contributed by atoms with E-state index in [4.69, 9.17) is 32.7 Å². The van der Waals surface area contributed by atoms with Crippen LogP contribution in [-0.4, -0.2) is 62.6 Å². The Labute approximate surface area is 228 Å². The lowest BCUT2D eigenvalue weighted by molar-refractivity contribution is -0.117. The lowest BCUT2D eigenvalue weighted by Crippen LogP contribution is -2.47. The maximum atomic E-state index is 12.7. The molecule has 202 valence electrons. The van der Waals surface area contributed by atoms with Crippen molar-refractivity contribution in [3.05, 3.63) is 45.8 Å². The van der Waals surface area contributed by atoms with Crippen LogP contribution in [0.4, 0.5) is 5.82 Å². The van der Waals surface area contributed by atoms with Crippen LogP contribution in [0, 0.1) is 5.92 Å². The molecule has 0 radical (unpaired) electrons. The second kappa shape index (κ2) is 10.6. The number of nitrogens with one attached hydrogen (secondary N) is 2. The average molecular weight is 571 g/mol. The van der Waals surface area contributed by atoms with Gasteiger partial charge in [-0.3, -0.25) is 10.4 Å². The molecule has 37 heavy (non-hydrogen) atoms. The van der Waals surface area contributed by atoms with Gasteiger partial charge in [0.2, 0.25) is 0 Å². The standard InChI is InChI=1S/C25H33Cl2N5O4S/c1-13-5-6-32(13)25-22(37(4,33)34)7-15(10-29-25)24-16-8-21(20(35-3)9-19(16)30-31-24)36-14(2)23-17(26)11-28-12-18(23)27/h7,10-14,16,19-21,24,30-31H,5-6,8-9H2,1-4H3/t13-,14-,16?,19?,20?,21?,24?/m1/s1. The molecule has 2 aliphatic heterocycles. The molecule has 2 aromatic rings. The lowest BCUT2D eigenvalue weighted by atomic mass is 9.77. The van der Waals surface area contributed by atoms with Gasteiger partial charge in [0.25, 0.3) is 0 Å². The Morgan fingerprint density at radius 1 is 1.14 bits per heavy atom. The number of nitrogens with zero attached hydrogens (tertiary/aromatic N) is 3. The van der Waals surface area contributed by atoms with Crippen molar-refractivity contribution in [2.45, 2.75) is 74.4 Å². The molecule has 2 N–H and O–H groups in total. The normalized spacial score (nSPS) is 30.6. The Kier molecular flexibility index (Phi) is 7.72. The molecule has 0 aromatic carbocycles. The van der Waals surface area contributed by atoms with Crippen molar-refractivity contribution in [2.24, 2.45) is 5.92 Å². The number of ether oxygens (including phenoxy) is 2. The minimum absolute atomic E-state index is 0.129. The van der Waals surface area contributed by atoms with Gasteiger partial charge in [0.05, 0.1) is 34.4 Å². The van der Waals surface area contributed by atoms with E-state index >= 15 is 0 Å². The summed E-state index contributed by atoms with van der Waals surface area (Å²) in [5.74, 6) is 0.673. The van der Waals surface area contributed by atoms with Gasteiger partial charge in [-0.05, 0) is 50.7 Å². The minimum atomic E-state index is -3.46. The van der Waals surface area contributed by atoms with Crippen LogP contribution in [0.1, 0.15) is 56.4 Å². The number of methoxy groups -OCH3 is 1. The summed E-state index contributed by atoms with van der Waals surface area (Å²) in [6.45, 7) is 4.82. The first-order valence-electron chi connectivity index (χ1n) is 12.5. The molecule has 0 spiro atoms. The number of hydrazine groups is 1. The predicted octanol–water partition coefficient (Wildman–Crippen LogP) is 3.87. The highest BCUT2D eigenvalue weighted by atomic mass is 35.5. The second-order valence-corrected chi connectivity index (χ2v) is 13.1. The van der Waals surface area contributed by atoms with Crippen molar-refractivity contribution in [3.63, 3.8) is 0 Å². The van der Waals surface area contributed by atoms with Gasteiger partial charge >= 0.3 is 0 Å². The fraction of sp³-hybridized carbons (Fsp3) is 0.600. The van der Waals surface area contributed by atoms with Gasteiger partial charge in [0.15, 0.2) is 9.84 Å². The summed E-state index contributed by atoms with van der Waals surface area (Å²) >= 11 is 12.8. The van der Waals surface area contributed by atoms with E-state index in [0.717, 1.165) is 24.9 Å². The third-order valence-electron chi connectivity index (χ3n) is 7.96. The smallest absolute Gasteiger partial charge is 0.179 e. The molecular weight excluding hydrogens is 537 g/mol. The first kappa shape index (κ1) is 27.1. The van der Waals surface area contributed by atoms with E-state index in [-0.39, 0.29) is 47.3 Å². The summed E-state index contributed by atoms with van der Waals surface area (Å²) in [6, 6.07) is 2.06. The van der Waals surface area contributed by atoms with Crippen molar-refractivity contribution in [1.29, 1.82) is 0 Å². The van der Waals surface area contributed by atoms with E-state index in [1.54, 1.807) is 31.8 Å². The molecule has 0 amide bonds. The molecule has 12 heteroatoms. The number of sulfone groups is 1. The molecule has 2 aromatic heterocycles. The summed E-state index contributed by atoms with van der Waals surface area (Å²) in [5.41, 5.74) is 8.32. The second-order valence-electron chi connectivity index (χ2n) is 10.3. The van der Waals surface area contributed by atoms with Crippen LogP contribution in [0.5, 0.6) is 0 Å². The topological polar surface area (TPSA) is 106 Å². The van der Waals surface area contributed by atoms with Gasteiger partial charge in [0, 0.05) is 56.1 Å². The third-order valence-corrected chi connectivity index (χ3v) is 9.66. The van der Waals surface area contributed by atoms with Crippen LogP contribution in [0.25, 0.3) is 0 Å². The van der Waals surface area contributed by atoms with E-state index < -0.39 is 9.84 Å². The minimum Gasteiger partial charge on any atom is -0.379 e. The summed E-state index contributed by atoms with van der Waals surface area (Å²) < 4.78 is 37.8. The molecule has 4 heterocycles. The van der Waals surface area contributed by atoms with Crippen molar-refractivity contribution in [1.82, 2.24) is 20.8 Å². The Hall–Kier alpha value is -1.53. The number of hydrogen-bond acceptors (Lipinski definition) is 9. The number of rotatable bonds is 7. The van der Waals surface area contributed by atoms with Gasteiger partial charge in [0.1, 0.15) is 10.7 Å². The average Bonchev–Trinajstić information content (AvgIpc) is 3.24. The lowest BCUT2D eigenvalue weighted by Gasteiger charge is -2.41.